The van der Waals surface area contributed by atoms with Crippen LogP contribution < -0.4 is 0 Å². The third-order valence-electron chi connectivity index (χ3n) is 1.48. The monoisotopic (exact) mass is 147 g/mol. The summed E-state index contributed by atoms with van der Waals surface area (Å²) in [5.41, 5.74) is 1.37. The lowest BCUT2D eigenvalue weighted by Crippen LogP contribution is -1.95. The molecule has 11 heavy (non-hydrogen) atoms. The fourth-order valence-corrected chi connectivity index (χ4v) is 0.972. The first-order valence-electron chi connectivity index (χ1n) is 3.15. The van der Waals surface area contributed by atoms with Gasteiger partial charge in [0.1, 0.15) is 12.0 Å². The van der Waals surface area contributed by atoms with Crippen molar-refractivity contribution in [3.8, 4) is 0 Å². The average Bonchev–Trinajstić information content (AvgIpc) is 2.47. The van der Waals surface area contributed by atoms with Crippen molar-refractivity contribution < 1.29 is 4.79 Å². The molecule has 0 saturated carbocycles. The van der Waals surface area contributed by atoms with Crippen molar-refractivity contribution in [1.29, 1.82) is 0 Å². The number of carbonyl (C=O) groups is 1. The van der Waals surface area contributed by atoms with Crippen molar-refractivity contribution in [3.63, 3.8) is 0 Å². The summed E-state index contributed by atoms with van der Waals surface area (Å²) < 4.78 is 1.54. The molecule has 2 aromatic heterocycles. The fraction of sp³-hybridized carbons (Fsp3) is 0. The van der Waals surface area contributed by atoms with Crippen molar-refractivity contribution in [1.82, 2.24) is 14.6 Å². The summed E-state index contributed by atoms with van der Waals surface area (Å²) in [6.07, 6.45) is 3.82. The molecular formula is C7H5N3O. The molecule has 0 radical (unpaired) electrons. The van der Waals surface area contributed by atoms with Crippen molar-refractivity contribution in [2.45, 2.75) is 0 Å². The Bertz CT molecular complexity index is 393. The zero-order valence-corrected chi connectivity index (χ0v) is 5.64. The van der Waals surface area contributed by atoms with E-state index >= 15 is 0 Å². The molecule has 0 unspecified atom stereocenters. The van der Waals surface area contributed by atoms with Gasteiger partial charge in [-0.15, -0.1) is 0 Å². The quantitative estimate of drug-likeness (QED) is 0.553. The number of rotatable bonds is 1. The summed E-state index contributed by atoms with van der Waals surface area (Å²) in [6.45, 7) is 0. The Kier molecular flexibility index (Phi) is 1.18. The van der Waals surface area contributed by atoms with Crippen LogP contribution in [0, 0.1) is 0 Å². The third kappa shape index (κ3) is 0.797. The third-order valence-corrected chi connectivity index (χ3v) is 1.48. The number of carbonyl (C=O) groups excluding carboxylic acids is 1. The van der Waals surface area contributed by atoms with Gasteiger partial charge in [0.25, 0.3) is 0 Å². The molecule has 4 nitrogen and oxygen atoms in total. The van der Waals surface area contributed by atoms with Gasteiger partial charge in [-0.3, -0.25) is 4.79 Å². The van der Waals surface area contributed by atoms with Crippen LogP contribution in [0.4, 0.5) is 0 Å². The molecule has 0 amide bonds. The lowest BCUT2D eigenvalue weighted by Gasteiger charge is -1.90. The first-order valence-corrected chi connectivity index (χ1v) is 3.15. The van der Waals surface area contributed by atoms with Gasteiger partial charge >= 0.3 is 0 Å². The Morgan fingerprint density at radius 3 is 3.18 bits per heavy atom. The molecule has 0 aliphatic heterocycles. The average molecular weight is 147 g/mol. The number of hydrogen-bond donors (Lipinski definition) is 0. The largest absolute Gasteiger partial charge is 0.296 e. The van der Waals surface area contributed by atoms with E-state index in [1.165, 1.54) is 6.33 Å². The second kappa shape index (κ2) is 2.16. The second-order valence-electron chi connectivity index (χ2n) is 2.12. The molecule has 2 aromatic rings. The molecule has 0 aromatic carbocycles. The highest BCUT2D eigenvalue weighted by atomic mass is 16.1. The maximum atomic E-state index is 10.4. The summed E-state index contributed by atoms with van der Waals surface area (Å²) >= 11 is 0. The molecule has 0 fully saturated rings. The Hall–Kier alpha value is -1.71. The molecule has 4 heteroatoms. The van der Waals surface area contributed by atoms with E-state index in [9.17, 15) is 4.79 Å². The Morgan fingerprint density at radius 1 is 1.45 bits per heavy atom. The van der Waals surface area contributed by atoms with Gasteiger partial charge in [0.05, 0.1) is 11.7 Å². The van der Waals surface area contributed by atoms with Crippen LogP contribution in [0.1, 0.15) is 10.5 Å². The van der Waals surface area contributed by atoms with E-state index in [4.69, 9.17) is 0 Å². The lowest BCUT2D eigenvalue weighted by molar-refractivity contribution is 0.111. The van der Waals surface area contributed by atoms with Crippen LogP contribution >= 0.6 is 0 Å². The molecule has 0 spiro atoms. The summed E-state index contributed by atoms with van der Waals surface area (Å²) in [5, 5.41) is 3.89. The standard InChI is InChI=1S/C7H5N3O/c11-4-7-2-1-6-3-8-5-9-10(6)7/h1-5H. The number of nitrogens with zero attached hydrogens (tertiary/aromatic N) is 3. The van der Waals surface area contributed by atoms with Crippen molar-refractivity contribution in [2.24, 2.45) is 0 Å². The van der Waals surface area contributed by atoms with Gasteiger partial charge in [-0.2, -0.15) is 5.10 Å². The number of fused-ring (bicyclic) bond motifs is 1. The van der Waals surface area contributed by atoms with Gasteiger partial charge < -0.3 is 0 Å². The van der Waals surface area contributed by atoms with E-state index in [1.54, 1.807) is 22.8 Å². The van der Waals surface area contributed by atoms with E-state index < -0.39 is 0 Å². The minimum atomic E-state index is 0.544. The summed E-state index contributed by atoms with van der Waals surface area (Å²) in [5.74, 6) is 0. The van der Waals surface area contributed by atoms with Crippen LogP contribution in [0.3, 0.4) is 0 Å². The van der Waals surface area contributed by atoms with E-state index in [0.717, 1.165) is 11.8 Å². The minimum Gasteiger partial charge on any atom is -0.296 e. The highest BCUT2D eigenvalue weighted by molar-refractivity contribution is 5.75. The summed E-state index contributed by atoms with van der Waals surface area (Å²) in [6, 6.07) is 3.50. The molecule has 0 N–H and O–H groups in total. The predicted molar refractivity (Wildman–Crippen MR) is 38.4 cm³/mol. The number of aldehydes is 1. The van der Waals surface area contributed by atoms with E-state index in [-0.39, 0.29) is 0 Å². The van der Waals surface area contributed by atoms with Crippen LogP contribution in [0.25, 0.3) is 5.52 Å². The fourth-order valence-electron chi connectivity index (χ4n) is 0.972. The minimum absolute atomic E-state index is 0.544. The normalized spacial score (nSPS) is 10.2. The predicted octanol–water partition coefficient (Wildman–Crippen LogP) is 0.542. The van der Waals surface area contributed by atoms with Gasteiger partial charge in [0.2, 0.25) is 0 Å². The summed E-state index contributed by atoms with van der Waals surface area (Å²) in [7, 11) is 0. The molecule has 0 bridgehead atoms. The first kappa shape index (κ1) is 6.03. The van der Waals surface area contributed by atoms with Gasteiger partial charge in [0.15, 0.2) is 6.29 Å². The first-order chi connectivity index (χ1) is 5.42. The topological polar surface area (TPSA) is 47.3 Å². The van der Waals surface area contributed by atoms with Crippen LogP contribution in [-0.4, -0.2) is 20.9 Å². The van der Waals surface area contributed by atoms with Crippen LogP contribution in [0.2, 0.25) is 0 Å². The Labute approximate surface area is 62.5 Å². The molecule has 2 rings (SSSR count). The van der Waals surface area contributed by atoms with Crippen LogP contribution in [0.15, 0.2) is 24.7 Å². The van der Waals surface area contributed by atoms with E-state index in [2.05, 4.69) is 10.1 Å². The lowest BCUT2D eigenvalue weighted by atomic mass is 10.5. The van der Waals surface area contributed by atoms with E-state index in [0.29, 0.717) is 5.69 Å². The molecule has 54 valence electrons. The van der Waals surface area contributed by atoms with Gasteiger partial charge in [0, 0.05) is 0 Å². The molecular weight excluding hydrogens is 142 g/mol. The second-order valence-corrected chi connectivity index (χ2v) is 2.12. The maximum Gasteiger partial charge on any atom is 0.168 e. The van der Waals surface area contributed by atoms with Crippen LogP contribution in [-0.2, 0) is 0 Å². The zero-order chi connectivity index (χ0) is 7.68. The number of aromatic nitrogens is 3. The summed E-state index contributed by atoms with van der Waals surface area (Å²) in [4.78, 5) is 14.2. The molecule has 2 heterocycles. The van der Waals surface area contributed by atoms with Gasteiger partial charge in [-0.05, 0) is 12.1 Å². The highest BCUT2D eigenvalue weighted by Gasteiger charge is 1.98. The molecule has 0 atom stereocenters. The Balaban J connectivity index is 2.86. The number of hydrogen-bond acceptors (Lipinski definition) is 3. The van der Waals surface area contributed by atoms with Crippen LogP contribution in [0.5, 0.6) is 0 Å². The van der Waals surface area contributed by atoms with Gasteiger partial charge in [-0.1, -0.05) is 0 Å². The van der Waals surface area contributed by atoms with E-state index in [1.807, 2.05) is 0 Å². The van der Waals surface area contributed by atoms with Crippen molar-refractivity contribution >= 4 is 11.8 Å². The van der Waals surface area contributed by atoms with Crippen molar-refractivity contribution in [2.75, 3.05) is 0 Å². The molecule has 0 saturated heterocycles. The highest BCUT2D eigenvalue weighted by Crippen LogP contribution is 2.03. The SMILES string of the molecule is O=Cc1ccc2cncnn12. The van der Waals surface area contributed by atoms with Gasteiger partial charge in [-0.25, -0.2) is 9.50 Å². The smallest absolute Gasteiger partial charge is 0.168 e. The zero-order valence-electron chi connectivity index (χ0n) is 5.64. The Morgan fingerprint density at radius 2 is 2.36 bits per heavy atom. The van der Waals surface area contributed by atoms with Crippen molar-refractivity contribution in [3.05, 3.63) is 30.4 Å². The molecule has 0 aliphatic carbocycles. The maximum absolute atomic E-state index is 10.4. The molecule has 0 aliphatic rings.